The van der Waals surface area contributed by atoms with Gasteiger partial charge in [0, 0.05) is 23.5 Å². The summed E-state index contributed by atoms with van der Waals surface area (Å²) in [5, 5.41) is 18.1. The number of aromatic amines is 2. The van der Waals surface area contributed by atoms with Crippen molar-refractivity contribution in [1.29, 1.82) is 0 Å². The fourth-order valence-electron chi connectivity index (χ4n) is 2.51. The minimum Gasteiger partial charge on any atom is -0.475 e. The zero-order valence-corrected chi connectivity index (χ0v) is 14.5. The van der Waals surface area contributed by atoms with Gasteiger partial charge >= 0.3 is 11.9 Å². The Morgan fingerprint density at radius 2 is 1.27 bits per heavy atom. The van der Waals surface area contributed by atoms with E-state index in [0.717, 1.165) is 16.7 Å². The molecule has 0 saturated heterocycles. The fourth-order valence-corrected chi connectivity index (χ4v) is 2.51. The van der Waals surface area contributed by atoms with Gasteiger partial charge in [-0.3, -0.25) is 0 Å². The molecule has 3 aromatic rings. The van der Waals surface area contributed by atoms with Crippen LogP contribution in [0, 0.1) is 0 Å². The van der Waals surface area contributed by atoms with E-state index >= 15 is 0 Å². The first-order valence-corrected chi connectivity index (χ1v) is 7.89. The average Bonchev–Trinajstić information content (AvgIpc) is 3.23. The van der Waals surface area contributed by atoms with Crippen LogP contribution in [-0.2, 0) is 5.41 Å². The highest BCUT2D eigenvalue weighted by Gasteiger charge is 2.19. The van der Waals surface area contributed by atoms with Gasteiger partial charge in [0.2, 0.25) is 11.6 Å². The number of aromatic carboxylic acids is 2. The highest BCUT2D eigenvalue weighted by molar-refractivity contribution is 5.85. The minimum absolute atomic E-state index is 0.143. The number of rotatable bonds is 4. The molecule has 0 atom stereocenters. The summed E-state index contributed by atoms with van der Waals surface area (Å²) in [5.41, 5.74) is 3.23. The van der Waals surface area contributed by atoms with Gasteiger partial charge in [0.15, 0.2) is 0 Å². The molecular weight excluding hydrogens is 336 g/mol. The maximum absolute atomic E-state index is 11.1. The summed E-state index contributed by atoms with van der Waals surface area (Å²) >= 11 is 0. The number of hydrogen-bond donors (Lipinski definition) is 4. The van der Waals surface area contributed by atoms with Crippen molar-refractivity contribution in [3.63, 3.8) is 0 Å². The van der Waals surface area contributed by atoms with Crippen molar-refractivity contribution in [2.75, 3.05) is 0 Å². The van der Waals surface area contributed by atoms with Crippen LogP contribution in [0.4, 0.5) is 0 Å². The second kappa shape index (κ2) is 6.14. The van der Waals surface area contributed by atoms with Gasteiger partial charge in [0.05, 0.1) is 11.4 Å². The summed E-state index contributed by atoms with van der Waals surface area (Å²) in [6.07, 6.45) is 3.06. The third-order valence-corrected chi connectivity index (χ3v) is 3.95. The third-order valence-electron chi connectivity index (χ3n) is 3.95. The number of imidazole rings is 2. The van der Waals surface area contributed by atoms with Gasteiger partial charge in [-0.05, 0) is 29.2 Å². The second-order valence-corrected chi connectivity index (χ2v) is 6.93. The van der Waals surface area contributed by atoms with Crippen LogP contribution in [-0.4, -0.2) is 42.1 Å². The Hall–Kier alpha value is -3.42. The Bertz CT molecular complexity index is 924. The molecule has 3 rings (SSSR count). The number of aromatic nitrogens is 4. The molecule has 2 aromatic heterocycles. The summed E-state index contributed by atoms with van der Waals surface area (Å²) < 4.78 is 0. The third kappa shape index (κ3) is 3.34. The Balaban J connectivity index is 2.14. The van der Waals surface area contributed by atoms with Crippen LogP contribution in [0.1, 0.15) is 47.6 Å². The topological polar surface area (TPSA) is 132 Å². The number of H-pyrrole nitrogens is 2. The molecule has 0 aliphatic heterocycles. The number of nitrogens with one attached hydrogen (secondary N) is 2. The molecule has 0 spiro atoms. The zero-order valence-electron chi connectivity index (χ0n) is 14.5. The normalized spacial score (nSPS) is 11.5. The lowest BCUT2D eigenvalue weighted by Gasteiger charge is -2.21. The fraction of sp³-hybridized carbons (Fsp3) is 0.222. The van der Waals surface area contributed by atoms with Gasteiger partial charge < -0.3 is 20.2 Å². The molecule has 4 N–H and O–H groups in total. The monoisotopic (exact) mass is 354 g/mol. The maximum Gasteiger partial charge on any atom is 0.371 e. The number of carbonyl (C=O) groups is 2. The van der Waals surface area contributed by atoms with Gasteiger partial charge in [-0.25, -0.2) is 19.6 Å². The lowest BCUT2D eigenvalue weighted by molar-refractivity contribution is 0.0674. The van der Waals surface area contributed by atoms with E-state index in [9.17, 15) is 9.59 Å². The molecular formula is C18H18N4O4. The predicted octanol–water partition coefficient (Wildman–Crippen LogP) is 3.16. The summed E-state index contributed by atoms with van der Waals surface area (Å²) in [5.74, 6) is -2.56. The molecule has 0 fully saturated rings. The highest BCUT2D eigenvalue weighted by atomic mass is 16.4. The Morgan fingerprint density at radius 1 is 0.846 bits per heavy atom. The molecule has 8 nitrogen and oxygen atoms in total. The van der Waals surface area contributed by atoms with Crippen LogP contribution in [0.25, 0.3) is 22.5 Å². The summed E-state index contributed by atoms with van der Waals surface area (Å²) in [7, 11) is 0. The molecule has 26 heavy (non-hydrogen) atoms. The quantitative estimate of drug-likeness (QED) is 0.569. The number of carboxylic acids is 2. The number of hydrogen-bond acceptors (Lipinski definition) is 4. The molecule has 8 heteroatoms. The van der Waals surface area contributed by atoms with Crippen LogP contribution in [0.2, 0.25) is 0 Å². The van der Waals surface area contributed by atoms with Crippen molar-refractivity contribution in [1.82, 2.24) is 19.9 Å². The van der Waals surface area contributed by atoms with E-state index in [1.165, 1.54) is 12.4 Å². The minimum atomic E-state index is -1.14. The van der Waals surface area contributed by atoms with Crippen molar-refractivity contribution < 1.29 is 19.8 Å². The van der Waals surface area contributed by atoms with Crippen molar-refractivity contribution in [2.24, 2.45) is 0 Å². The average molecular weight is 354 g/mol. The highest BCUT2D eigenvalue weighted by Crippen LogP contribution is 2.32. The lowest BCUT2D eigenvalue weighted by Crippen LogP contribution is -2.11. The van der Waals surface area contributed by atoms with Gasteiger partial charge in [0.25, 0.3) is 0 Å². The first-order valence-electron chi connectivity index (χ1n) is 7.89. The summed E-state index contributed by atoms with van der Waals surface area (Å²) in [6.45, 7) is 6.16. The number of carboxylic acid groups (broad SMARTS) is 2. The molecule has 0 aliphatic carbocycles. The molecule has 0 radical (unpaired) electrons. The standard InChI is InChI=1S/C18H18N4O4/c1-18(2,3)11-5-9(12-7-19-14(21-12)16(23)24)4-10(6-11)13-8-20-15(22-13)17(25)26/h4-8H,1-3H3,(H,19,21)(H,20,22)(H,23,24)(H,25,26). The van der Waals surface area contributed by atoms with Crippen molar-refractivity contribution in [3.8, 4) is 22.5 Å². The smallest absolute Gasteiger partial charge is 0.371 e. The van der Waals surface area contributed by atoms with E-state index in [0.29, 0.717) is 11.4 Å². The molecule has 0 amide bonds. The van der Waals surface area contributed by atoms with Crippen LogP contribution in [0.3, 0.4) is 0 Å². The van der Waals surface area contributed by atoms with Crippen LogP contribution in [0.15, 0.2) is 30.6 Å². The van der Waals surface area contributed by atoms with Crippen LogP contribution < -0.4 is 0 Å². The van der Waals surface area contributed by atoms with Gasteiger partial charge in [-0.1, -0.05) is 20.8 Å². The van der Waals surface area contributed by atoms with Crippen molar-refractivity contribution in [2.45, 2.75) is 26.2 Å². The molecule has 0 unspecified atom stereocenters. The Kier molecular flexibility index (Phi) is 4.11. The predicted molar refractivity (Wildman–Crippen MR) is 94.2 cm³/mol. The summed E-state index contributed by atoms with van der Waals surface area (Å²) in [4.78, 5) is 35.6. The van der Waals surface area contributed by atoms with Crippen molar-refractivity contribution >= 4 is 11.9 Å². The first-order chi connectivity index (χ1) is 12.1. The van der Waals surface area contributed by atoms with E-state index in [1.54, 1.807) is 6.07 Å². The van der Waals surface area contributed by atoms with Gasteiger partial charge in [-0.15, -0.1) is 0 Å². The van der Waals surface area contributed by atoms with Gasteiger partial charge in [0.1, 0.15) is 0 Å². The largest absolute Gasteiger partial charge is 0.475 e. The Labute approximate surface area is 149 Å². The van der Waals surface area contributed by atoms with E-state index in [4.69, 9.17) is 10.2 Å². The van der Waals surface area contributed by atoms with Crippen LogP contribution >= 0.6 is 0 Å². The molecule has 0 bridgehead atoms. The molecule has 134 valence electrons. The number of benzene rings is 1. The second-order valence-electron chi connectivity index (χ2n) is 6.93. The molecule has 0 saturated carbocycles. The molecule has 0 aliphatic rings. The van der Waals surface area contributed by atoms with E-state index in [2.05, 4.69) is 40.7 Å². The lowest BCUT2D eigenvalue weighted by atomic mass is 9.84. The zero-order chi connectivity index (χ0) is 19.1. The van der Waals surface area contributed by atoms with E-state index in [-0.39, 0.29) is 17.1 Å². The van der Waals surface area contributed by atoms with E-state index < -0.39 is 11.9 Å². The maximum atomic E-state index is 11.1. The van der Waals surface area contributed by atoms with Gasteiger partial charge in [-0.2, -0.15) is 0 Å². The SMILES string of the molecule is CC(C)(C)c1cc(-c2c[nH]c(C(=O)O)n2)cc(-c2c[nH]c(C(=O)O)n2)c1. The van der Waals surface area contributed by atoms with Crippen molar-refractivity contribution in [3.05, 3.63) is 47.8 Å². The first kappa shape index (κ1) is 17.4. The number of nitrogens with zero attached hydrogens (tertiary/aromatic N) is 2. The summed E-state index contributed by atoms with van der Waals surface area (Å²) in [6, 6.07) is 5.69. The molecule has 2 heterocycles. The van der Waals surface area contributed by atoms with Crippen LogP contribution in [0.5, 0.6) is 0 Å². The Morgan fingerprint density at radius 3 is 1.58 bits per heavy atom. The molecule has 1 aromatic carbocycles. The van der Waals surface area contributed by atoms with E-state index in [1.807, 2.05) is 12.1 Å².